The zero-order chi connectivity index (χ0) is 14.7. The lowest BCUT2D eigenvalue weighted by atomic mass is 9.88. The van der Waals surface area contributed by atoms with Gasteiger partial charge in [0.15, 0.2) is 0 Å². The number of fused-ring (bicyclic) bond motifs is 1. The maximum Gasteiger partial charge on any atom is 0.125 e. The molecule has 0 saturated heterocycles. The minimum Gasteiger partial charge on any atom is -0.497 e. The third-order valence-electron chi connectivity index (χ3n) is 4.05. The van der Waals surface area contributed by atoms with Crippen molar-refractivity contribution in [3.63, 3.8) is 0 Å². The monoisotopic (exact) mass is 283 g/mol. The molecule has 1 heterocycles. The van der Waals surface area contributed by atoms with Crippen molar-refractivity contribution in [2.75, 3.05) is 7.11 Å². The number of rotatable bonds is 4. The van der Waals surface area contributed by atoms with Gasteiger partial charge in [0.1, 0.15) is 11.6 Å². The molecule has 0 amide bonds. The average molecular weight is 283 g/mol. The van der Waals surface area contributed by atoms with Crippen LogP contribution in [0.5, 0.6) is 5.75 Å². The second kappa shape index (κ2) is 6.22. The normalized spacial score (nSPS) is 17.3. The third kappa shape index (κ3) is 3.39. The van der Waals surface area contributed by atoms with Gasteiger partial charge in [-0.25, -0.2) is 9.97 Å². The summed E-state index contributed by atoms with van der Waals surface area (Å²) in [7, 11) is 1.72. The summed E-state index contributed by atoms with van der Waals surface area (Å²) >= 11 is 0. The lowest BCUT2D eigenvalue weighted by Gasteiger charge is -2.26. The first-order chi connectivity index (χ1) is 10.2. The molecule has 4 nitrogen and oxygen atoms in total. The SMILES string of the molecule is COc1ccc2c(c1)CC(NCc1ccnc(C)n1)CC2. The fourth-order valence-corrected chi connectivity index (χ4v) is 2.89. The quantitative estimate of drug-likeness (QED) is 0.936. The lowest BCUT2D eigenvalue weighted by molar-refractivity contribution is 0.410. The van der Waals surface area contributed by atoms with Crippen LogP contribution in [-0.2, 0) is 19.4 Å². The van der Waals surface area contributed by atoms with E-state index in [2.05, 4.69) is 33.5 Å². The summed E-state index contributed by atoms with van der Waals surface area (Å²) in [6, 6.07) is 8.88. The van der Waals surface area contributed by atoms with Crippen molar-refractivity contribution < 1.29 is 4.74 Å². The molecule has 0 bridgehead atoms. The molecular formula is C17H21N3O. The van der Waals surface area contributed by atoms with Crippen molar-refractivity contribution in [3.8, 4) is 5.75 Å². The van der Waals surface area contributed by atoms with Gasteiger partial charge in [0, 0.05) is 18.8 Å². The molecule has 1 atom stereocenters. The Labute approximate surface area is 125 Å². The van der Waals surface area contributed by atoms with Gasteiger partial charge in [0.25, 0.3) is 0 Å². The Kier molecular flexibility index (Phi) is 4.15. The smallest absolute Gasteiger partial charge is 0.125 e. The molecule has 2 aromatic rings. The largest absolute Gasteiger partial charge is 0.497 e. The van der Waals surface area contributed by atoms with Gasteiger partial charge in [-0.3, -0.25) is 0 Å². The maximum atomic E-state index is 5.32. The predicted octanol–water partition coefficient (Wildman–Crippen LogP) is 2.44. The van der Waals surface area contributed by atoms with E-state index in [4.69, 9.17) is 4.74 Å². The van der Waals surface area contributed by atoms with Crippen molar-refractivity contribution in [2.24, 2.45) is 0 Å². The summed E-state index contributed by atoms with van der Waals surface area (Å²) in [5.41, 5.74) is 3.91. The van der Waals surface area contributed by atoms with E-state index in [1.165, 1.54) is 17.5 Å². The number of hydrogen-bond donors (Lipinski definition) is 1. The molecule has 0 spiro atoms. The van der Waals surface area contributed by atoms with Crippen LogP contribution in [0.15, 0.2) is 30.5 Å². The van der Waals surface area contributed by atoms with E-state index >= 15 is 0 Å². The Balaban J connectivity index is 1.63. The Morgan fingerprint density at radius 2 is 2.19 bits per heavy atom. The highest BCUT2D eigenvalue weighted by atomic mass is 16.5. The number of aryl methyl sites for hydroxylation is 2. The Bertz CT molecular complexity index is 627. The molecule has 110 valence electrons. The van der Waals surface area contributed by atoms with E-state index in [0.29, 0.717) is 6.04 Å². The maximum absolute atomic E-state index is 5.32. The molecule has 0 fully saturated rings. The first-order valence-corrected chi connectivity index (χ1v) is 7.42. The average Bonchev–Trinajstić information content (AvgIpc) is 2.52. The molecule has 1 aromatic heterocycles. The number of nitrogens with zero attached hydrogens (tertiary/aromatic N) is 2. The van der Waals surface area contributed by atoms with Gasteiger partial charge in [-0.1, -0.05) is 6.07 Å². The van der Waals surface area contributed by atoms with Gasteiger partial charge in [0.05, 0.1) is 12.8 Å². The Morgan fingerprint density at radius 1 is 1.29 bits per heavy atom. The van der Waals surface area contributed by atoms with Crippen LogP contribution in [0.4, 0.5) is 0 Å². The van der Waals surface area contributed by atoms with Gasteiger partial charge >= 0.3 is 0 Å². The van der Waals surface area contributed by atoms with Gasteiger partial charge in [-0.05, 0) is 55.5 Å². The standard InChI is InChI=1S/C17H21N3O/c1-12-18-8-7-16(20-12)11-19-15-5-3-13-4-6-17(21-2)10-14(13)9-15/h4,6-8,10,15,19H,3,5,9,11H2,1-2H3. The summed E-state index contributed by atoms with van der Waals surface area (Å²) in [6.45, 7) is 2.72. The van der Waals surface area contributed by atoms with Gasteiger partial charge in [-0.2, -0.15) is 0 Å². The number of methoxy groups -OCH3 is 1. The van der Waals surface area contributed by atoms with Crippen molar-refractivity contribution in [2.45, 2.75) is 38.8 Å². The molecule has 3 rings (SSSR count). The molecule has 4 heteroatoms. The number of hydrogen-bond acceptors (Lipinski definition) is 4. The molecule has 0 saturated carbocycles. The summed E-state index contributed by atoms with van der Waals surface area (Å²) in [5, 5.41) is 3.61. The lowest BCUT2D eigenvalue weighted by Crippen LogP contribution is -2.34. The number of ether oxygens (including phenoxy) is 1. The number of nitrogens with one attached hydrogen (secondary N) is 1. The van der Waals surface area contributed by atoms with Gasteiger partial charge < -0.3 is 10.1 Å². The Morgan fingerprint density at radius 3 is 3.00 bits per heavy atom. The van der Waals surface area contributed by atoms with Crippen molar-refractivity contribution >= 4 is 0 Å². The molecule has 1 aliphatic carbocycles. The molecule has 0 radical (unpaired) electrons. The first kappa shape index (κ1) is 14.0. The van der Waals surface area contributed by atoms with Crippen LogP contribution in [0.2, 0.25) is 0 Å². The highest BCUT2D eigenvalue weighted by Crippen LogP contribution is 2.25. The summed E-state index contributed by atoms with van der Waals surface area (Å²) < 4.78 is 5.32. The second-order valence-electron chi connectivity index (χ2n) is 5.55. The van der Waals surface area contributed by atoms with Crippen LogP contribution in [0.1, 0.15) is 29.1 Å². The van der Waals surface area contributed by atoms with Crippen molar-refractivity contribution in [1.82, 2.24) is 15.3 Å². The second-order valence-corrected chi connectivity index (χ2v) is 5.55. The third-order valence-corrected chi connectivity index (χ3v) is 4.05. The minimum atomic E-state index is 0.500. The van der Waals surface area contributed by atoms with Crippen molar-refractivity contribution in [1.29, 1.82) is 0 Å². The van der Waals surface area contributed by atoms with Crippen LogP contribution in [0.3, 0.4) is 0 Å². The van der Waals surface area contributed by atoms with Crippen molar-refractivity contribution in [3.05, 3.63) is 53.1 Å². The van der Waals surface area contributed by atoms with E-state index in [0.717, 1.165) is 36.7 Å². The topological polar surface area (TPSA) is 47.0 Å². The molecule has 1 aromatic carbocycles. The predicted molar refractivity (Wildman–Crippen MR) is 82.4 cm³/mol. The zero-order valence-electron chi connectivity index (χ0n) is 12.6. The number of aromatic nitrogens is 2. The Hall–Kier alpha value is -1.94. The fourth-order valence-electron chi connectivity index (χ4n) is 2.89. The highest BCUT2D eigenvalue weighted by Gasteiger charge is 2.18. The van der Waals surface area contributed by atoms with E-state index in [-0.39, 0.29) is 0 Å². The van der Waals surface area contributed by atoms with Crippen LogP contribution in [-0.4, -0.2) is 23.1 Å². The molecule has 0 aliphatic heterocycles. The summed E-state index contributed by atoms with van der Waals surface area (Å²) in [5.74, 6) is 1.77. The fraction of sp³-hybridized carbons (Fsp3) is 0.412. The molecule has 1 N–H and O–H groups in total. The van der Waals surface area contributed by atoms with E-state index in [1.807, 2.05) is 19.2 Å². The van der Waals surface area contributed by atoms with Crippen LogP contribution in [0.25, 0.3) is 0 Å². The highest BCUT2D eigenvalue weighted by molar-refractivity contribution is 5.37. The van der Waals surface area contributed by atoms with Crippen LogP contribution >= 0.6 is 0 Å². The van der Waals surface area contributed by atoms with E-state index < -0.39 is 0 Å². The zero-order valence-corrected chi connectivity index (χ0v) is 12.6. The summed E-state index contributed by atoms with van der Waals surface area (Å²) in [4.78, 5) is 8.57. The molecule has 21 heavy (non-hydrogen) atoms. The van der Waals surface area contributed by atoms with Crippen LogP contribution in [0, 0.1) is 6.92 Å². The van der Waals surface area contributed by atoms with Crippen LogP contribution < -0.4 is 10.1 Å². The van der Waals surface area contributed by atoms with Gasteiger partial charge in [-0.15, -0.1) is 0 Å². The van der Waals surface area contributed by atoms with E-state index in [1.54, 1.807) is 7.11 Å². The minimum absolute atomic E-state index is 0.500. The molecule has 1 unspecified atom stereocenters. The van der Waals surface area contributed by atoms with E-state index in [9.17, 15) is 0 Å². The summed E-state index contributed by atoms with van der Waals surface area (Å²) in [6.07, 6.45) is 5.17. The van der Waals surface area contributed by atoms with Gasteiger partial charge in [0.2, 0.25) is 0 Å². The first-order valence-electron chi connectivity index (χ1n) is 7.42. The number of benzene rings is 1. The molecule has 1 aliphatic rings. The molecular weight excluding hydrogens is 262 g/mol.